The normalized spacial score (nSPS) is 15.9. The molecule has 2 aromatic carbocycles. The first-order valence-corrected chi connectivity index (χ1v) is 11.7. The van der Waals surface area contributed by atoms with Crippen molar-refractivity contribution in [3.8, 4) is 0 Å². The molecule has 0 radical (unpaired) electrons. The van der Waals surface area contributed by atoms with E-state index in [2.05, 4.69) is 5.32 Å². The summed E-state index contributed by atoms with van der Waals surface area (Å²) in [4.78, 5) is -0.370. The summed E-state index contributed by atoms with van der Waals surface area (Å²) in [5.74, 6) is 0. The first-order chi connectivity index (χ1) is 14.2. The lowest BCUT2D eigenvalue weighted by Gasteiger charge is -2.25. The van der Waals surface area contributed by atoms with E-state index >= 15 is 0 Å². The van der Waals surface area contributed by atoms with E-state index in [0.717, 1.165) is 34.8 Å². The molecule has 164 valence electrons. The Hall–Kier alpha value is -2.06. The van der Waals surface area contributed by atoms with Crippen molar-refractivity contribution >= 4 is 15.7 Å². The summed E-state index contributed by atoms with van der Waals surface area (Å²) in [5.41, 5.74) is 0.402. The van der Waals surface area contributed by atoms with Crippen LogP contribution < -0.4 is 9.62 Å². The number of hydrogen-bond acceptors (Lipinski definition) is 3. The molecular weight excluding hydrogens is 413 g/mol. The fourth-order valence-corrected chi connectivity index (χ4v) is 5.35. The minimum absolute atomic E-state index is 0.109. The second-order valence-electron chi connectivity index (χ2n) is 7.58. The van der Waals surface area contributed by atoms with Crippen LogP contribution in [0.25, 0.3) is 0 Å². The van der Waals surface area contributed by atoms with Gasteiger partial charge in [-0.3, -0.25) is 4.31 Å². The number of anilines is 1. The molecule has 0 heterocycles. The quantitative estimate of drug-likeness (QED) is 0.632. The summed E-state index contributed by atoms with van der Waals surface area (Å²) in [6.45, 7) is 2.40. The SMILES string of the molecule is CCN(c1cccc(CNC2CCCCC2)c1)S(=O)(=O)c1cccc(C(F)(F)F)c1. The van der Waals surface area contributed by atoms with Crippen LogP contribution >= 0.6 is 0 Å². The van der Waals surface area contributed by atoms with Gasteiger partial charge in [0.05, 0.1) is 16.1 Å². The average Bonchev–Trinajstić information content (AvgIpc) is 2.73. The molecule has 3 rings (SSSR count). The molecule has 0 amide bonds. The number of halogens is 3. The van der Waals surface area contributed by atoms with Crippen molar-refractivity contribution in [1.82, 2.24) is 5.32 Å². The van der Waals surface area contributed by atoms with E-state index in [4.69, 9.17) is 0 Å². The van der Waals surface area contributed by atoms with Gasteiger partial charge in [-0.25, -0.2) is 8.42 Å². The second kappa shape index (κ2) is 9.39. The van der Waals surface area contributed by atoms with E-state index in [0.29, 0.717) is 24.3 Å². The van der Waals surface area contributed by atoms with Crippen molar-refractivity contribution in [2.45, 2.75) is 62.7 Å². The monoisotopic (exact) mass is 440 g/mol. The van der Waals surface area contributed by atoms with E-state index in [1.54, 1.807) is 25.1 Å². The highest BCUT2D eigenvalue weighted by Gasteiger charge is 2.33. The fourth-order valence-electron chi connectivity index (χ4n) is 3.84. The molecular formula is C22H27F3N2O2S. The van der Waals surface area contributed by atoms with Gasteiger partial charge in [-0.15, -0.1) is 0 Å². The lowest BCUT2D eigenvalue weighted by atomic mass is 9.95. The highest BCUT2D eigenvalue weighted by molar-refractivity contribution is 7.92. The third-order valence-electron chi connectivity index (χ3n) is 5.44. The number of nitrogens with zero attached hydrogens (tertiary/aromatic N) is 1. The van der Waals surface area contributed by atoms with Gasteiger partial charge >= 0.3 is 6.18 Å². The zero-order valence-electron chi connectivity index (χ0n) is 17.0. The average molecular weight is 441 g/mol. The Morgan fingerprint density at radius 1 is 1.03 bits per heavy atom. The smallest absolute Gasteiger partial charge is 0.310 e. The van der Waals surface area contributed by atoms with Gasteiger partial charge in [-0.1, -0.05) is 37.5 Å². The van der Waals surface area contributed by atoms with E-state index < -0.39 is 21.8 Å². The highest BCUT2D eigenvalue weighted by atomic mass is 32.2. The first-order valence-electron chi connectivity index (χ1n) is 10.2. The molecule has 1 aliphatic rings. The number of benzene rings is 2. The predicted molar refractivity (Wildman–Crippen MR) is 112 cm³/mol. The molecule has 0 spiro atoms. The van der Waals surface area contributed by atoms with Crippen molar-refractivity contribution in [2.24, 2.45) is 0 Å². The van der Waals surface area contributed by atoms with Gasteiger partial charge in [0.2, 0.25) is 0 Å². The fraction of sp³-hybridized carbons (Fsp3) is 0.455. The van der Waals surface area contributed by atoms with Crippen molar-refractivity contribution in [1.29, 1.82) is 0 Å². The molecule has 0 unspecified atom stereocenters. The maximum Gasteiger partial charge on any atom is 0.416 e. The van der Waals surface area contributed by atoms with Crippen LogP contribution in [0, 0.1) is 0 Å². The molecule has 2 aromatic rings. The molecule has 4 nitrogen and oxygen atoms in total. The van der Waals surface area contributed by atoms with Gasteiger partial charge in [0.1, 0.15) is 0 Å². The molecule has 1 N–H and O–H groups in total. The molecule has 0 aliphatic heterocycles. The van der Waals surface area contributed by atoms with Gasteiger partial charge in [0, 0.05) is 19.1 Å². The van der Waals surface area contributed by atoms with Crippen LogP contribution in [0.4, 0.5) is 18.9 Å². The summed E-state index contributed by atoms with van der Waals surface area (Å²) in [5, 5.41) is 3.52. The van der Waals surface area contributed by atoms with Gasteiger partial charge in [-0.2, -0.15) is 13.2 Å². The predicted octanol–water partition coefficient (Wildman–Crippen LogP) is 5.34. The highest BCUT2D eigenvalue weighted by Crippen LogP contribution is 2.32. The molecule has 0 aromatic heterocycles. The second-order valence-corrected chi connectivity index (χ2v) is 9.44. The summed E-state index contributed by atoms with van der Waals surface area (Å²) in [6.07, 6.45) is 1.39. The van der Waals surface area contributed by atoms with Gasteiger partial charge < -0.3 is 5.32 Å². The molecule has 30 heavy (non-hydrogen) atoms. The first kappa shape index (κ1) is 22.6. The number of hydrogen-bond donors (Lipinski definition) is 1. The van der Waals surface area contributed by atoms with Crippen LogP contribution in [-0.2, 0) is 22.7 Å². The lowest BCUT2D eigenvalue weighted by molar-refractivity contribution is -0.137. The van der Waals surface area contributed by atoms with Crippen molar-refractivity contribution in [3.63, 3.8) is 0 Å². The van der Waals surface area contributed by atoms with Gasteiger partial charge in [0.15, 0.2) is 0 Å². The topological polar surface area (TPSA) is 49.4 Å². The number of alkyl halides is 3. The Labute approximate surface area is 176 Å². The van der Waals surface area contributed by atoms with Crippen molar-refractivity contribution in [3.05, 3.63) is 59.7 Å². The van der Waals surface area contributed by atoms with Crippen LogP contribution in [0.15, 0.2) is 53.4 Å². The lowest BCUT2D eigenvalue weighted by Crippen LogP contribution is -2.32. The number of nitrogens with one attached hydrogen (secondary N) is 1. The molecule has 8 heteroatoms. The number of sulfonamides is 1. The third-order valence-corrected chi connectivity index (χ3v) is 7.33. The largest absolute Gasteiger partial charge is 0.416 e. The third kappa shape index (κ3) is 5.35. The van der Waals surface area contributed by atoms with E-state index in [1.165, 1.54) is 25.3 Å². The van der Waals surface area contributed by atoms with Gasteiger partial charge in [-0.05, 0) is 55.7 Å². The van der Waals surface area contributed by atoms with Crippen LogP contribution in [0.5, 0.6) is 0 Å². The Morgan fingerprint density at radius 3 is 2.40 bits per heavy atom. The zero-order chi connectivity index (χ0) is 21.8. The van der Waals surface area contributed by atoms with Crippen molar-refractivity contribution < 1.29 is 21.6 Å². The minimum atomic E-state index is -4.60. The Kier molecular flexibility index (Phi) is 7.08. The maximum absolute atomic E-state index is 13.1. The Morgan fingerprint density at radius 2 is 1.73 bits per heavy atom. The van der Waals surface area contributed by atoms with E-state index in [9.17, 15) is 21.6 Å². The Balaban J connectivity index is 1.82. The minimum Gasteiger partial charge on any atom is -0.310 e. The summed E-state index contributed by atoms with van der Waals surface area (Å²) < 4.78 is 66.5. The maximum atomic E-state index is 13.1. The van der Waals surface area contributed by atoms with Crippen LogP contribution in [0.2, 0.25) is 0 Å². The molecule has 0 bridgehead atoms. The van der Waals surface area contributed by atoms with Crippen LogP contribution in [0.1, 0.15) is 50.2 Å². The van der Waals surface area contributed by atoms with Crippen LogP contribution in [-0.4, -0.2) is 21.0 Å². The van der Waals surface area contributed by atoms with Crippen molar-refractivity contribution in [2.75, 3.05) is 10.8 Å². The summed E-state index contributed by atoms with van der Waals surface area (Å²) >= 11 is 0. The summed E-state index contributed by atoms with van der Waals surface area (Å²) in [7, 11) is -4.13. The zero-order valence-corrected chi connectivity index (χ0v) is 17.8. The van der Waals surface area contributed by atoms with Gasteiger partial charge in [0.25, 0.3) is 10.0 Å². The summed E-state index contributed by atoms with van der Waals surface area (Å²) in [6, 6.07) is 11.5. The van der Waals surface area contributed by atoms with Crippen LogP contribution in [0.3, 0.4) is 0 Å². The van der Waals surface area contributed by atoms with E-state index in [1.807, 2.05) is 6.07 Å². The number of rotatable bonds is 7. The standard InChI is InChI=1S/C22H27F3N2O2S/c1-2-27(30(28,29)21-13-7-9-18(15-21)22(23,24)25)20-12-6-8-17(14-20)16-26-19-10-4-3-5-11-19/h6-9,12-15,19,26H,2-5,10-11,16H2,1H3. The molecule has 1 saturated carbocycles. The molecule has 1 fully saturated rings. The molecule has 1 aliphatic carbocycles. The molecule has 0 saturated heterocycles. The Bertz CT molecular complexity index is 955. The van der Waals surface area contributed by atoms with E-state index in [-0.39, 0.29) is 11.4 Å². The molecule has 0 atom stereocenters.